The van der Waals surface area contributed by atoms with Crippen LogP contribution in [0.15, 0.2) is 59.7 Å². The van der Waals surface area contributed by atoms with Crippen molar-refractivity contribution in [1.29, 1.82) is 0 Å². The fourth-order valence-electron chi connectivity index (χ4n) is 3.83. The monoisotopic (exact) mass is 540 g/mol. The molecular weight excluding hydrogens is 518 g/mol. The van der Waals surface area contributed by atoms with E-state index in [-0.39, 0.29) is 49.9 Å². The first-order valence-corrected chi connectivity index (χ1v) is 12.6. The number of rotatable bonds is 7. The molecule has 0 atom stereocenters. The van der Waals surface area contributed by atoms with Gasteiger partial charge >= 0.3 is 0 Å². The minimum atomic E-state index is -0.445. The predicted octanol–water partition coefficient (Wildman–Crippen LogP) is 5.17. The molecule has 11 heteroatoms. The van der Waals surface area contributed by atoms with E-state index in [2.05, 4.69) is 15.5 Å². The van der Waals surface area contributed by atoms with E-state index in [0.717, 1.165) is 11.3 Å². The average molecular weight is 541 g/mol. The third-order valence-electron chi connectivity index (χ3n) is 5.52. The van der Waals surface area contributed by atoms with Gasteiger partial charge in [-0.25, -0.2) is 8.78 Å². The molecule has 37 heavy (non-hydrogen) atoms. The van der Waals surface area contributed by atoms with Crippen LogP contribution in [-0.4, -0.2) is 45.8 Å². The van der Waals surface area contributed by atoms with Crippen LogP contribution in [0.25, 0.3) is 12.2 Å². The van der Waals surface area contributed by atoms with Gasteiger partial charge in [-0.2, -0.15) is 0 Å². The van der Waals surface area contributed by atoms with Crippen molar-refractivity contribution in [2.45, 2.75) is 19.3 Å². The molecule has 1 fully saturated rings. The van der Waals surface area contributed by atoms with E-state index in [9.17, 15) is 23.2 Å². The Morgan fingerprint density at radius 1 is 1.03 bits per heavy atom. The number of H-pyrrole nitrogens is 1. The molecule has 0 unspecified atom stereocenters. The lowest BCUT2D eigenvalue weighted by Gasteiger charge is -2.30. The Morgan fingerprint density at radius 3 is 2.14 bits per heavy atom. The van der Waals surface area contributed by atoms with E-state index in [1.807, 2.05) is 0 Å². The smallest absolute Gasteiger partial charge is 0.226 e. The number of hydrogen-bond acceptors (Lipinski definition) is 6. The number of anilines is 1. The first-order valence-electron chi connectivity index (χ1n) is 11.4. The lowest BCUT2D eigenvalue weighted by molar-refractivity contribution is -0.131. The molecule has 1 aromatic heterocycles. The van der Waals surface area contributed by atoms with Gasteiger partial charge < -0.3 is 10.2 Å². The molecule has 2 amide bonds. The van der Waals surface area contributed by atoms with Gasteiger partial charge in [0.05, 0.1) is 0 Å². The van der Waals surface area contributed by atoms with Crippen LogP contribution in [-0.2, 0) is 14.4 Å². The number of carbonyl (C=O) groups is 3. The Labute approximate surface area is 220 Å². The second kappa shape index (κ2) is 11.9. The number of nitrogens with zero attached hydrogens (tertiary/aromatic N) is 2. The SMILES string of the molecule is O=C(CCCC(=O)N1C/C(=C\c2cccc(F)c2)C(=O)/C(=C/c2cccc(F)c2)C1)Nc1n[nH]c(=S)s1. The average Bonchev–Trinajstić information content (AvgIpc) is 3.25. The van der Waals surface area contributed by atoms with Gasteiger partial charge in [0.1, 0.15) is 11.6 Å². The van der Waals surface area contributed by atoms with Gasteiger partial charge in [-0.1, -0.05) is 35.6 Å². The maximum atomic E-state index is 13.7. The zero-order valence-corrected chi connectivity index (χ0v) is 21.1. The van der Waals surface area contributed by atoms with Crippen molar-refractivity contribution in [2.24, 2.45) is 0 Å². The van der Waals surface area contributed by atoms with Gasteiger partial charge in [0.2, 0.25) is 16.9 Å². The molecule has 4 rings (SSSR count). The van der Waals surface area contributed by atoms with Crippen LogP contribution in [0.3, 0.4) is 0 Å². The second-order valence-corrected chi connectivity index (χ2v) is 10.0. The van der Waals surface area contributed by atoms with Gasteiger partial charge in [-0.05, 0) is 66.2 Å². The predicted molar refractivity (Wildman–Crippen MR) is 140 cm³/mol. The largest absolute Gasteiger partial charge is 0.334 e. The van der Waals surface area contributed by atoms with Crippen molar-refractivity contribution >= 4 is 58.4 Å². The van der Waals surface area contributed by atoms with Crippen molar-refractivity contribution in [3.8, 4) is 0 Å². The number of amides is 2. The zero-order chi connectivity index (χ0) is 26.4. The first kappa shape index (κ1) is 26.2. The van der Waals surface area contributed by atoms with E-state index in [1.54, 1.807) is 24.3 Å². The number of aromatic amines is 1. The second-order valence-electron chi connectivity index (χ2n) is 8.35. The molecule has 0 aliphatic carbocycles. The van der Waals surface area contributed by atoms with Crippen molar-refractivity contribution in [1.82, 2.24) is 15.1 Å². The summed E-state index contributed by atoms with van der Waals surface area (Å²) >= 11 is 6.06. The number of nitrogens with one attached hydrogen (secondary N) is 2. The number of aromatic nitrogens is 2. The lowest BCUT2D eigenvalue weighted by atomic mass is 9.94. The van der Waals surface area contributed by atoms with Gasteiger partial charge in [0.15, 0.2) is 9.74 Å². The van der Waals surface area contributed by atoms with Crippen molar-refractivity contribution in [2.75, 3.05) is 18.4 Å². The molecular formula is C26H22F2N4O3S2. The van der Waals surface area contributed by atoms with Crippen LogP contribution in [0.5, 0.6) is 0 Å². The number of carbonyl (C=O) groups excluding carboxylic acids is 3. The van der Waals surface area contributed by atoms with Crippen LogP contribution in [0, 0.1) is 15.6 Å². The number of halogens is 2. The summed E-state index contributed by atoms with van der Waals surface area (Å²) in [4.78, 5) is 39.9. The Balaban J connectivity index is 1.49. The summed E-state index contributed by atoms with van der Waals surface area (Å²) in [6, 6.07) is 11.6. The van der Waals surface area contributed by atoms with E-state index in [1.165, 1.54) is 41.3 Å². The third kappa shape index (κ3) is 7.34. The quantitative estimate of drug-likeness (QED) is 0.319. The topological polar surface area (TPSA) is 95.2 Å². The normalized spacial score (nSPS) is 15.8. The molecule has 1 aliphatic rings. The molecule has 0 saturated carbocycles. The Bertz CT molecular complexity index is 1390. The first-order chi connectivity index (χ1) is 17.8. The molecule has 2 heterocycles. The summed E-state index contributed by atoms with van der Waals surface area (Å²) < 4.78 is 27.8. The summed E-state index contributed by atoms with van der Waals surface area (Å²) in [7, 11) is 0. The molecule has 2 aromatic carbocycles. The Morgan fingerprint density at radius 2 is 1.62 bits per heavy atom. The van der Waals surface area contributed by atoms with Crippen LogP contribution in [0.4, 0.5) is 13.9 Å². The van der Waals surface area contributed by atoms with Gasteiger partial charge in [0.25, 0.3) is 0 Å². The molecule has 0 radical (unpaired) electrons. The number of benzene rings is 2. The molecule has 7 nitrogen and oxygen atoms in total. The fourth-order valence-corrected chi connectivity index (χ4v) is 4.64. The molecule has 0 bridgehead atoms. The van der Waals surface area contributed by atoms with Crippen LogP contribution in [0.2, 0.25) is 0 Å². The van der Waals surface area contributed by atoms with E-state index in [0.29, 0.717) is 31.4 Å². The van der Waals surface area contributed by atoms with Crippen LogP contribution >= 0.6 is 23.6 Å². The maximum Gasteiger partial charge on any atom is 0.226 e. The van der Waals surface area contributed by atoms with Crippen molar-refractivity contribution in [3.63, 3.8) is 0 Å². The molecule has 1 saturated heterocycles. The highest BCUT2D eigenvalue weighted by Crippen LogP contribution is 2.24. The zero-order valence-electron chi connectivity index (χ0n) is 19.5. The van der Waals surface area contributed by atoms with E-state index in [4.69, 9.17) is 12.2 Å². The minimum absolute atomic E-state index is 0.0391. The molecule has 2 N–H and O–H groups in total. The fraction of sp³-hybridized carbons (Fsp3) is 0.192. The standard InChI is InChI=1S/C26H22F2N4O3S2/c27-20-6-1-4-16(12-20)10-18-14-32(15-19(24(18)35)11-17-5-2-7-21(28)13-17)23(34)9-3-8-22(33)29-25-30-31-26(36)37-25/h1-2,4-7,10-13H,3,8-9,14-15H2,(H,31,36)(H,29,30,33)/b18-10+,19-11+. The van der Waals surface area contributed by atoms with Crippen LogP contribution in [0.1, 0.15) is 30.4 Å². The number of likely N-dealkylation sites (tertiary alicyclic amines) is 1. The highest BCUT2D eigenvalue weighted by atomic mass is 32.1. The van der Waals surface area contributed by atoms with Crippen molar-refractivity contribution < 1.29 is 23.2 Å². The highest BCUT2D eigenvalue weighted by molar-refractivity contribution is 7.73. The summed E-state index contributed by atoms with van der Waals surface area (Å²) in [6.45, 7) is 0.0782. The third-order valence-corrected chi connectivity index (χ3v) is 6.52. The Kier molecular flexibility index (Phi) is 8.47. The molecule has 190 valence electrons. The van der Waals surface area contributed by atoms with E-state index >= 15 is 0 Å². The minimum Gasteiger partial charge on any atom is -0.334 e. The Hall–Kier alpha value is -3.83. The van der Waals surface area contributed by atoms with Gasteiger partial charge in [-0.15, -0.1) is 5.10 Å². The number of piperidine rings is 1. The summed E-state index contributed by atoms with van der Waals surface area (Å²) in [5.74, 6) is -1.72. The maximum absolute atomic E-state index is 13.7. The number of hydrogen-bond donors (Lipinski definition) is 2. The number of ketones is 1. The molecule has 3 aromatic rings. The molecule has 1 aliphatic heterocycles. The van der Waals surface area contributed by atoms with Crippen molar-refractivity contribution in [3.05, 3.63) is 86.4 Å². The summed E-state index contributed by atoms with van der Waals surface area (Å²) in [6.07, 6.45) is 3.57. The van der Waals surface area contributed by atoms with Gasteiger partial charge in [0, 0.05) is 37.1 Å². The highest BCUT2D eigenvalue weighted by Gasteiger charge is 2.29. The summed E-state index contributed by atoms with van der Waals surface area (Å²) in [5, 5.41) is 9.42. The number of Topliss-reactive ketones (excluding diaryl/α,β-unsaturated/α-hetero) is 1. The lowest BCUT2D eigenvalue weighted by Crippen LogP contribution is -2.41. The van der Waals surface area contributed by atoms with Crippen LogP contribution < -0.4 is 5.32 Å². The van der Waals surface area contributed by atoms with E-state index < -0.39 is 11.6 Å². The van der Waals surface area contributed by atoms with Gasteiger partial charge in [-0.3, -0.25) is 19.5 Å². The molecule has 0 spiro atoms. The summed E-state index contributed by atoms with van der Waals surface area (Å²) in [5.41, 5.74) is 1.60.